The third kappa shape index (κ3) is 4.44. The highest BCUT2D eigenvalue weighted by atomic mass is 16.3. The number of hydrogen-bond donors (Lipinski definition) is 3. The fourth-order valence-electron chi connectivity index (χ4n) is 2.52. The maximum Gasteiger partial charge on any atom is 0.225 e. The van der Waals surface area contributed by atoms with Crippen LogP contribution in [0.3, 0.4) is 0 Å². The van der Waals surface area contributed by atoms with Crippen molar-refractivity contribution in [2.75, 3.05) is 30.7 Å². The Bertz CT molecular complexity index is 504. The van der Waals surface area contributed by atoms with Crippen molar-refractivity contribution >= 4 is 17.3 Å². The van der Waals surface area contributed by atoms with E-state index in [9.17, 15) is 9.90 Å². The number of anilines is 2. The molecule has 2 rings (SSSR count). The fourth-order valence-corrected chi connectivity index (χ4v) is 2.52. The number of likely N-dealkylation sites (tertiary alicyclic amines) is 1. The van der Waals surface area contributed by atoms with Gasteiger partial charge in [0.1, 0.15) is 0 Å². The van der Waals surface area contributed by atoms with Gasteiger partial charge >= 0.3 is 0 Å². The Labute approximate surface area is 126 Å². The quantitative estimate of drug-likeness (QED) is 0.739. The zero-order chi connectivity index (χ0) is 15.5. The molecule has 1 heterocycles. The van der Waals surface area contributed by atoms with E-state index in [1.165, 1.54) is 0 Å². The number of carbonyl (C=O) groups is 1. The minimum Gasteiger partial charge on any atom is -0.398 e. The molecule has 0 radical (unpaired) electrons. The maximum atomic E-state index is 12.0. The molecule has 0 bridgehead atoms. The van der Waals surface area contributed by atoms with Gasteiger partial charge in [-0.05, 0) is 44.4 Å². The third-order valence-corrected chi connectivity index (χ3v) is 4.24. The molecule has 21 heavy (non-hydrogen) atoms. The average Bonchev–Trinajstić information content (AvgIpc) is 2.43. The van der Waals surface area contributed by atoms with Crippen LogP contribution >= 0.6 is 0 Å². The SMILES string of the molecule is Cc1c(N)cccc1NC(=O)CCN1CCC(C)(O)CC1. The van der Waals surface area contributed by atoms with E-state index in [1.807, 2.05) is 32.0 Å². The fraction of sp³-hybridized carbons (Fsp3) is 0.562. The minimum atomic E-state index is -0.544. The van der Waals surface area contributed by atoms with Crippen LogP contribution in [-0.2, 0) is 4.79 Å². The maximum absolute atomic E-state index is 12.0. The highest BCUT2D eigenvalue weighted by molar-refractivity contribution is 5.92. The number of amides is 1. The number of nitrogens with one attached hydrogen (secondary N) is 1. The van der Waals surface area contributed by atoms with E-state index in [0.29, 0.717) is 12.1 Å². The van der Waals surface area contributed by atoms with Crippen molar-refractivity contribution in [2.45, 2.75) is 38.7 Å². The first kappa shape index (κ1) is 15.8. The molecule has 1 fully saturated rings. The standard InChI is InChI=1S/C16H25N3O2/c1-12-13(17)4-3-5-14(12)18-15(20)6-9-19-10-7-16(2,21)8-11-19/h3-5,21H,6-11,17H2,1-2H3,(H,18,20). The first-order valence-corrected chi connectivity index (χ1v) is 7.47. The Morgan fingerprint density at radius 2 is 2.10 bits per heavy atom. The summed E-state index contributed by atoms with van der Waals surface area (Å²) in [5, 5.41) is 12.8. The summed E-state index contributed by atoms with van der Waals surface area (Å²) in [6.45, 7) is 6.19. The van der Waals surface area contributed by atoms with E-state index in [4.69, 9.17) is 5.73 Å². The molecule has 0 spiro atoms. The summed E-state index contributed by atoms with van der Waals surface area (Å²) in [7, 11) is 0. The molecule has 5 heteroatoms. The number of nitrogens with zero attached hydrogens (tertiary/aromatic N) is 1. The van der Waals surface area contributed by atoms with Gasteiger partial charge in [0.05, 0.1) is 5.60 Å². The number of carbonyl (C=O) groups excluding carboxylic acids is 1. The summed E-state index contributed by atoms with van der Waals surface area (Å²) in [5.74, 6) is 0.000957. The van der Waals surface area contributed by atoms with E-state index in [-0.39, 0.29) is 5.91 Å². The van der Waals surface area contributed by atoms with Crippen molar-refractivity contribution in [1.29, 1.82) is 0 Å². The van der Waals surface area contributed by atoms with Crippen LogP contribution in [0.2, 0.25) is 0 Å². The van der Waals surface area contributed by atoms with Crippen LogP contribution < -0.4 is 11.1 Å². The minimum absolute atomic E-state index is 0.000957. The van der Waals surface area contributed by atoms with Gasteiger partial charge < -0.3 is 21.1 Å². The van der Waals surface area contributed by atoms with Crippen molar-refractivity contribution in [2.24, 2.45) is 0 Å². The highest BCUT2D eigenvalue weighted by Crippen LogP contribution is 2.22. The Hall–Kier alpha value is -1.59. The van der Waals surface area contributed by atoms with Gasteiger partial charge in [-0.1, -0.05) is 6.07 Å². The lowest BCUT2D eigenvalue weighted by molar-refractivity contribution is -0.116. The van der Waals surface area contributed by atoms with Crippen LogP contribution in [0.15, 0.2) is 18.2 Å². The number of nitrogens with two attached hydrogens (primary N) is 1. The van der Waals surface area contributed by atoms with Gasteiger partial charge in [0, 0.05) is 37.4 Å². The second-order valence-electron chi connectivity index (χ2n) is 6.16. The monoisotopic (exact) mass is 291 g/mol. The van der Waals surface area contributed by atoms with E-state index >= 15 is 0 Å². The smallest absolute Gasteiger partial charge is 0.225 e. The van der Waals surface area contributed by atoms with Crippen LogP contribution in [0.1, 0.15) is 31.7 Å². The summed E-state index contributed by atoms with van der Waals surface area (Å²) in [6.07, 6.45) is 1.99. The van der Waals surface area contributed by atoms with Crippen LogP contribution in [-0.4, -0.2) is 41.1 Å². The number of rotatable bonds is 4. The summed E-state index contributed by atoms with van der Waals surface area (Å²) in [5.41, 5.74) is 7.65. The molecule has 0 saturated carbocycles. The summed E-state index contributed by atoms with van der Waals surface area (Å²) in [6, 6.07) is 5.52. The Morgan fingerprint density at radius 1 is 1.43 bits per heavy atom. The third-order valence-electron chi connectivity index (χ3n) is 4.24. The number of aliphatic hydroxyl groups is 1. The van der Waals surface area contributed by atoms with Gasteiger partial charge in [-0.3, -0.25) is 4.79 Å². The number of piperidine rings is 1. The molecule has 0 aromatic heterocycles. The number of benzene rings is 1. The number of nitrogen functional groups attached to an aromatic ring is 1. The van der Waals surface area contributed by atoms with Gasteiger partial charge in [0.25, 0.3) is 0 Å². The zero-order valence-corrected chi connectivity index (χ0v) is 12.9. The molecule has 1 aliphatic heterocycles. The molecule has 1 aromatic carbocycles. The lowest BCUT2D eigenvalue weighted by Crippen LogP contribution is -2.43. The molecule has 0 unspecified atom stereocenters. The summed E-state index contributed by atoms with van der Waals surface area (Å²) in [4.78, 5) is 14.2. The van der Waals surface area contributed by atoms with E-state index < -0.39 is 5.60 Å². The second-order valence-corrected chi connectivity index (χ2v) is 6.16. The Balaban J connectivity index is 1.79. The average molecular weight is 291 g/mol. The van der Waals surface area contributed by atoms with Crippen LogP contribution in [0, 0.1) is 6.92 Å². The largest absolute Gasteiger partial charge is 0.398 e. The lowest BCUT2D eigenvalue weighted by atomic mass is 9.94. The normalized spacial score (nSPS) is 18.4. The number of hydrogen-bond acceptors (Lipinski definition) is 4. The van der Waals surface area contributed by atoms with Gasteiger partial charge in [-0.2, -0.15) is 0 Å². The van der Waals surface area contributed by atoms with Crippen LogP contribution in [0.4, 0.5) is 11.4 Å². The van der Waals surface area contributed by atoms with Crippen LogP contribution in [0.25, 0.3) is 0 Å². The van der Waals surface area contributed by atoms with E-state index in [2.05, 4.69) is 10.2 Å². The van der Waals surface area contributed by atoms with Gasteiger partial charge in [-0.25, -0.2) is 0 Å². The molecule has 5 nitrogen and oxygen atoms in total. The molecular formula is C16H25N3O2. The summed E-state index contributed by atoms with van der Waals surface area (Å²) < 4.78 is 0. The first-order chi connectivity index (χ1) is 9.87. The molecule has 1 amide bonds. The topological polar surface area (TPSA) is 78.6 Å². The summed E-state index contributed by atoms with van der Waals surface area (Å²) >= 11 is 0. The van der Waals surface area contributed by atoms with Gasteiger partial charge in [0.15, 0.2) is 0 Å². The molecule has 0 aliphatic carbocycles. The molecule has 0 atom stereocenters. The van der Waals surface area contributed by atoms with Crippen LogP contribution in [0.5, 0.6) is 0 Å². The Kier molecular flexibility index (Phi) is 4.85. The molecule has 1 aliphatic rings. The van der Waals surface area contributed by atoms with Gasteiger partial charge in [0.2, 0.25) is 5.91 Å². The molecule has 116 valence electrons. The zero-order valence-electron chi connectivity index (χ0n) is 12.9. The van der Waals surface area contributed by atoms with Crippen molar-refractivity contribution in [1.82, 2.24) is 4.90 Å². The van der Waals surface area contributed by atoms with Crippen molar-refractivity contribution in [3.63, 3.8) is 0 Å². The first-order valence-electron chi connectivity index (χ1n) is 7.47. The molecule has 4 N–H and O–H groups in total. The van der Waals surface area contributed by atoms with Gasteiger partial charge in [-0.15, -0.1) is 0 Å². The highest BCUT2D eigenvalue weighted by Gasteiger charge is 2.27. The van der Waals surface area contributed by atoms with Crippen molar-refractivity contribution < 1.29 is 9.90 Å². The second kappa shape index (κ2) is 6.45. The van der Waals surface area contributed by atoms with E-state index in [0.717, 1.165) is 43.7 Å². The predicted octanol–water partition coefficient (Wildman–Crippen LogP) is 1.75. The predicted molar refractivity (Wildman–Crippen MR) is 85.1 cm³/mol. The Morgan fingerprint density at radius 3 is 2.76 bits per heavy atom. The van der Waals surface area contributed by atoms with E-state index in [1.54, 1.807) is 0 Å². The van der Waals surface area contributed by atoms with Crippen molar-refractivity contribution in [3.05, 3.63) is 23.8 Å². The lowest BCUT2D eigenvalue weighted by Gasteiger charge is -2.35. The molecule has 1 aromatic rings. The molecular weight excluding hydrogens is 266 g/mol. The van der Waals surface area contributed by atoms with Crippen molar-refractivity contribution in [3.8, 4) is 0 Å². The molecule has 1 saturated heterocycles.